The lowest BCUT2D eigenvalue weighted by atomic mass is 10.3. The van der Waals surface area contributed by atoms with Crippen LogP contribution in [0.1, 0.15) is 6.42 Å². The van der Waals surface area contributed by atoms with Crippen molar-refractivity contribution < 1.29 is 12.8 Å². The Bertz CT molecular complexity index is 201. The lowest BCUT2D eigenvalue weighted by Gasteiger charge is -1.99. The maximum atomic E-state index is 12.4. The van der Waals surface area contributed by atoms with E-state index in [2.05, 4.69) is 15.9 Å². The zero-order valence-corrected chi connectivity index (χ0v) is 6.95. The zero-order chi connectivity index (χ0) is 7.07. The molecule has 9 heavy (non-hydrogen) atoms. The topological polar surface area (TPSA) is 34.1 Å². The van der Waals surface area contributed by atoms with Gasteiger partial charge in [0.2, 0.25) is 0 Å². The van der Waals surface area contributed by atoms with E-state index in [0.29, 0.717) is 0 Å². The fourth-order valence-corrected chi connectivity index (χ4v) is 2.94. The summed E-state index contributed by atoms with van der Waals surface area (Å²) < 4.78 is 32.8. The number of alkyl halides is 2. The Labute approximate surface area is 61.5 Å². The van der Waals surface area contributed by atoms with Crippen molar-refractivity contribution in [2.45, 2.75) is 16.8 Å². The molecule has 0 bridgehead atoms. The van der Waals surface area contributed by atoms with Crippen LogP contribution in [0.5, 0.6) is 0 Å². The predicted octanol–water partition coefficient (Wildman–Crippen LogP) is 0.864. The quantitative estimate of drug-likeness (QED) is 0.564. The first kappa shape index (κ1) is 7.47. The Morgan fingerprint density at radius 2 is 2.11 bits per heavy atom. The van der Waals surface area contributed by atoms with E-state index >= 15 is 0 Å². The van der Waals surface area contributed by atoms with Crippen molar-refractivity contribution in [3.05, 3.63) is 0 Å². The zero-order valence-electron chi connectivity index (χ0n) is 4.55. The second kappa shape index (κ2) is 2.20. The summed E-state index contributed by atoms with van der Waals surface area (Å²) in [5.41, 5.74) is 0. The highest BCUT2D eigenvalue weighted by Crippen LogP contribution is 2.27. The van der Waals surface area contributed by atoms with Crippen molar-refractivity contribution >= 4 is 25.8 Å². The minimum absolute atomic E-state index is 0.0237. The molecule has 1 heterocycles. The lowest BCUT2D eigenvalue weighted by Crippen LogP contribution is -2.14. The summed E-state index contributed by atoms with van der Waals surface area (Å²) in [4.78, 5) is 0. The summed E-state index contributed by atoms with van der Waals surface area (Å²) >= 11 is 2.76. The molecule has 0 saturated carbocycles. The second-order valence-corrected chi connectivity index (χ2v) is 5.86. The number of halogens is 2. The highest BCUT2D eigenvalue weighted by Gasteiger charge is 2.38. The van der Waals surface area contributed by atoms with Gasteiger partial charge in [-0.25, -0.2) is 12.8 Å². The van der Waals surface area contributed by atoms with Crippen molar-refractivity contribution in [1.29, 1.82) is 0 Å². The van der Waals surface area contributed by atoms with Gasteiger partial charge in [0, 0.05) is 0 Å². The van der Waals surface area contributed by atoms with E-state index in [-0.39, 0.29) is 12.2 Å². The van der Waals surface area contributed by atoms with Gasteiger partial charge in [0.05, 0.1) is 5.75 Å². The van der Waals surface area contributed by atoms with E-state index in [1.165, 1.54) is 0 Å². The molecular weight excluding hydrogens is 211 g/mol. The van der Waals surface area contributed by atoms with Crippen LogP contribution in [0, 0.1) is 0 Å². The molecule has 54 valence electrons. The van der Waals surface area contributed by atoms with E-state index in [4.69, 9.17) is 0 Å². The first-order valence-electron chi connectivity index (χ1n) is 2.54. The Morgan fingerprint density at radius 1 is 1.56 bits per heavy atom. The van der Waals surface area contributed by atoms with Crippen LogP contribution in [0.3, 0.4) is 0 Å². The first-order valence-corrected chi connectivity index (χ1v) is 5.17. The van der Waals surface area contributed by atoms with Crippen LogP contribution in [-0.4, -0.2) is 24.5 Å². The second-order valence-electron chi connectivity index (χ2n) is 2.02. The molecule has 1 aliphatic rings. The fraction of sp³-hybridized carbons (Fsp3) is 1.00. The van der Waals surface area contributed by atoms with Gasteiger partial charge in [-0.15, -0.1) is 0 Å². The molecule has 2 atom stereocenters. The molecule has 0 radical (unpaired) electrons. The molecule has 0 N–H and O–H groups in total. The van der Waals surface area contributed by atoms with E-state index in [9.17, 15) is 12.8 Å². The van der Waals surface area contributed by atoms with E-state index in [1.807, 2.05) is 0 Å². The van der Waals surface area contributed by atoms with Crippen LogP contribution in [0.15, 0.2) is 0 Å². The van der Waals surface area contributed by atoms with Crippen LogP contribution in [0.25, 0.3) is 0 Å². The van der Waals surface area contributed by atoms with Crippen LogP contribution < -0.4 is 0 Å². The average molecular weight is 217 g/mol. The van der Waals surface area contributed by atoms with Gasteiger partial charge in [0.25, 0.3) is 0 Å². The molecule has 0 aromatic rings. The van der Waals surface area contributed by atoms with Gasteiger partial charge in [0.15, 0.2) is 9.84 Å². The van der Waals surface area contributed by atoms with Crippen LogP contribution >= 0.6 is 15.9 Å². The summed E-state index contributed by atoms with van der Waals surface area (Å²) in [5, 5.41) is 0. The highest BCUT2D eigenvalue weighted by atomic mass is 79.9. The first-order chi connectivity index (χ1) is 4.04. The van der Waals surface area contributed by atoms with Crippen LogP contribution in [0.2, 0.25) is 0 Å². The maximum Gasteiger partial charge on any atom is 0.166 e. The van der Waals surface area contributed by atoms with Gasteiger partial charge < -0.3 is 0 Å². The standard InChI is InChI=1S/C4H6BrFO2S/c5-4-3(6)1-2-9(4,7)8/h3-4H,1-2H2. The van der Waals surface area contributed by atoms with Crippen LogP contribution in [0.4, 0.5) is 4.39 Å². The Morgan fingerprint density at radius 3 is 2.22 bits per heavy atom. The van der Waals surface area contributed by atoms with Crippen LogP contribution in [-0.2, 0) is 9.84 Å². The molecule has 2 nitrogen and oxygen atoms in total. The molecule has 1 fully saturated rings. The minimum Gasteiger partial charge on any atom is -0.245 e. The summed E-state index contributed by atoms with van der Waals surface area (Å²) in [6.45, 7) is 0. The summed E-state index contributed by atoms with van der Waals surface area (Å²) in [7, 11) is -3.13. The third kappa shape index (κ3) is 1.26. The van der Waals surface area contributed by atoms with E-state index in [1.54, 1.807) is 0 Å². The summed E-state index contributed by atoms with van der Waals surface area (Å²) in [5.74, 6) is -0.0237. The molecule has 5 heteroatoms. The fourth-order valence-electron chi connectivity index (χ4n) is 0.745. The highest BCUT2D eigenvalue weighted by molar-refractivity contribution is 9.11. The van der Waals surface area contributed by atoms with Gasteiger partial charge in [-0.3, -0.25) is 0 Å². The molecule has 0 aromatic carbocycles. The summed E-state index contributed by atoms with van der Waals surface area (Å²) in [6, 6.07) is 0. The Kier molecular flexibility index (Phi) is 1.82. The van der Waals surface area contributed by atoms with Gasteiger partial charge in [-0.2, -0.15) is 0 Å². The number of hydrogen-bond donors (Lipinski definition) is 0. The largest absolute Gasteiger partial charge is 0.245 e. The molecule has 1 aliphatic heterocycles. The van der Waals surface area contributed by atoms with E-state index < -0.39 is 20.2 Å². The van der Waals surface area contributed by atoms with Crippen molar-refractivity contribution in [2.24, 2.45) is 0 Å². The number of rotatable bonds is 0. The summed E-state index contributed by atoms with van der Waals surface area (Å²) in [6.07, 6.45) is -1.08. The SMILES string of the molecule is O=S1(=O)CCC(F)C1Br. The molecule has 0 amide bonds. The molecule has 1 rings (SSSR count). The predicted molar refractivity (Wildman–Crippen MR) is 36.0 cm³/mol. The molecule has 0 aliphatic carbocycles. The Balaban J connectivity index is 2.87. The van der Waals surface area contributed by atoms with Crippen molar-refractivity contribution in [3.8, 4) is 0 Å². The normalized spacial score (nSPS) is 41.1. The van der Waals surface area contributed by atoms with Crippen molar-refractivity contribution in [1.82, 2.24) is 0 Å². The molecule has 2 unspecified atom stereocenters. The van der Waals surface area contributed by atoms with E-state index in [0.717, 1.165) is 0 Å². The molecule has 0 aromatic heterocycles. The van der Waals surface area contributed by atoms with Gasteiger partial charge in [-0.05, 0) is 6.42 Å². The van der Waals surface area contributed by atoms with Crippen molar-refractivity contribution in [3.63, 3.8) is 0 Å². The maximum absolute atomic E-state index is 12.4. The third-order valence-corrected chi connectivity index (χ3v) is 5.37. The van der Waals surface area contributed by atoms with Gasteiger partial charge >= 0.3 is 0 Å². The van der Waals surface area contributed by atoms with Crippen molar-refractivity contribution in [2.75, 3.05) is 5.75 Å². The van der Waals surface area contributed by atoms with Gasteiger partial charge in [-0.1, -0.05) is 15.9 Å². The number of sulfone groups is 1. The molecular formula is C4H6BrFO2S. The average Bonchev–Trinajstić information content (AvgIpc) is 1.97. The monoisotopic (exact) mass is 216 g/mol. The third-order valence-electron chi connectivity index (χ3n) is 1.31. The lowest BCUT2D eigenvalue weighted by molar-refractivity contribution is 0.361. The molecule has 1 saturated heterocycles. The Hall–Kier alpha value is 0.360. The smallest absolute Gasteiger partial charge is 0.166 e. The minimum atomic E-state index is -3.13. The van der Waals surface area contributed by atoms with Gasteiger partial charge in [0.1, 0.15) is 10.3 Å². The molecule has 0 spiro atoms. The number of hydrogen-bond acceptors (Lipinski definition) is 2.